The minimum Gasteiger partial charge on any atom is -0.205 e. The fourth-order valence-electron chi connectivity index (χ4n) is 2.16. The van der Waals surface area contributed by atoms with Gasteiger partial charge in [-0.2, -0.15) is 13.2 Å². The maximum absolute atomic E-state index is 14.7. The lowest BCUT2D eigenvalue weighted by molar-refractivity contribution is -0.137. The second kappa shape index (κ2) is 6.18. The molecule has 0 fully saturated rings. The van der Waals surface area contributed by atoms with Crippen LogP contribution in [0.25, 0.3) is 0 Å². The second-order valence-electron chi connectivity index (χ2n) is 5.67. The Kier molecular flexibility index (Phi) is 4.74. The van der Waals surface area contributed by atoms with Gasteiger partial charge in [-0.1, -0.05) is 30.3 Å². The molecule has 0 radical (unpaired) electrons. The molecule has 2 rings (SSSR count). The van der Waals surface area contributed by atoms with Gasteiger partial charge in [-0.3, -0.25) is 0 Å². The number of sulfonamides is 1. The molecule has 0 N–H and O–H groups in total. The van der Waals surface area contributed by atoms with Crippen LogP contribution in [-0.2, 0) is 21.7 Å². The molecule has 130 valence electrons. The molecule has 0 aliphatic rings. The maximum Gasteiger partial charge on any atom is 0.416 e. The van der Waals surface area contributed by atoms with Crippen molar-refractivity contribution in [2.75, 3.05) is 0 Å². The van der Waals surface area contributed by atoms with E-state index >= 15 is 0 Å². The van der Waals surface area contributed by atoms with Crippen LogP contribution >= 0.6 is 0 Å². The van der Waals surface area contributed by atoms with Crippen molar-refractivity contribution in [2.24, 2.45) is 0 Å². The van der Waals surface area contributed by atoms with Gasteiger partial charge < -0.3 is 0 Å². The number of hydrogen-bond acceptors (Lipinski definition) is 2. The van der Waals surface area contributed by atoms with Gasteiger partial charge in [0.15, 0.2) is 0 Å². The first-order chi connectivity index (χ1) is 11.0. The maximum atomic E-state index is 14.7. The van der Waals surface area contributed by atoms with Crippen molar-refractivity contribution in [1.29, 1.82) is 0 Å². The van der Waals surface area contributed by atoms with Crippen molar-refractivity contribution in [3.05, 3.63) is 65.7 Å². The SMILES string of the molecule is CC(C)(c1ccccc1)N(F)S(=O)(=O)c1ccc(C(F)(F)F)cc1. The molecule has 0 unspecified atom stereocenters. The van der Waals surface area contributed by atoms with Crippen molar-refractivity contribution < 1.29 is 26.1 Å². The zero-order valence-electron chi connectivity index (χ0n) is 12.9. The van der Waals surface area contributed by atoms with Gasteiger partial charge in [-0.25, -0.2) is 8.42 Å². The van der Waals surface area contributed by atoms with Crippen LogP contribution in [0.4, 0.5) is 17.7 Å². The van der Waals surface area contributed by atoms with Crippen molar-refractivity contribution in [3.8, 4) is 0 Å². The summed E-state index contributed by atoms with van der Waals surface area (Å²) in [6, 6.07) is 10.8. The van der Waals surface area contributed by atoms with Gasteiger partial charge in [-0.15, -0.1) is 4.48 Å². The van der Waals surface area contributed by atoms with Crippen LogP contribution in [0.2, 0.25) is 0 Å². The fraction of sp³-hybridized carbons (Fsp3) is 0.250. The molecule has 3 nitrogen and oxygen atoms in total. The van der Waals surface area contributed by atoms with Crippen LogP contribution in [0.15, 0.2) is 59.5 Å². The summed E-state index contributed by atoms with van der Waals surface area (Å²) in [6.07, 6.45) is -4.60. The van der Waals surface area contributed by atoms with E-state index in [1.807, 2.05) is 0 Å². The summed E-state index contributed by atoms with van der Waals surface area (Å²) in [6.45, 7) is 2.73. The molecule has 0 saturated carbocycles. The van der Waals surface area contributed by atoms with E-state index in [1.165, 1.54) is 13.8 Å². The largest absolute Gasteiger partial charge is 0.416 e. The van der Waals surface area contributed by atoms with Gasteiger partial charge in [0.2, 0.25) is 0 Å². The minimum atomic E-state index is -4.61. The molecule has 0 spiro atoms. The number of hydrogen-bond donors (Lipinski definition) is 0. The summed E-state index contributed by atoms with van der Waals surface area (Å²) < 4.78 is 76.8. The van der Waals surface area contributed by atoms with Crippen LogP contribution < -0.4 is 0 Å². The molecule has 2 aromatic carbocycles. The highest BCUT2D eigenvalue weighted by Gasteiger charge is 2.40. The number of halogens is 4. The summed E-state index contributed by atoms with van der Waals surface area (Å²) in [7, 11) is -4.61. The lowest BCUT2D eigenvalue weighted by Crippen LogP contribution is -2.39. The van der Waals surface area contributed by atoms with Crippen molar-refractivity contribution >= 4 is 10.0 Å². The zero-order chi connectivity index (χ0) is 18.2. The van der Waals surface area contributed by atoms with E-state index in [-0.39, 0.29) is 4.53 Å². The predicted molar refractivity (Wildman–Crippen MR) is 81.0 cm³/mol. The average Bonchev–Trinajstić information content (AvgIpc) is 2.54. The molecular formula is C16H15F4NO2S. The normalized spacial score (nSPS) is 13.3. The van der Waals surface area contributed by atoms with E-state index in [1.54, 1.807) is 30.3 Å². The number of nitrogens with zero attached hydrogens (tertiary/aromatic N) is 1. The Hall–Kier alpha value is -1.93. The van der Waals surface area contributed by atoms with Gasteiger partial charge in [0.25, 0.3) is 10.0 Å². The number of alkyl halides is 3. The molecule has 2 aromatic rings. The summed E-state index contributed by atoms with van der Waals surface area (Å²) in [5.41, 5.74) is -2.12. The van der Waals surface area contributed by atoms with E-state index in [2.05, 4.69) is 0 Å². The molecule has 8 heteroatoms. The monoisotopic (exact) mass is 361 g/mol. The van der Waals surface area contributed by atoms with Gasteiger partial charge >= 0.3 is 6.18 Å². The number of benzene rings is 2. The topological polar surface area (TPSA) is 37.4 Å². The van der Waals surface area contributed by atoms with Crippen LogP contribution in [0.1, 0.15) is 25.0 Å². The third-order valence-corrected chi connectivity index (χ3v) is 5.36. The molecule has 0 heterocycles. The lowest BCUT2D eigenvalue weighted by atomic mass is 9.96. The van der Waals surface area contributed by atoms with Gasteiger partial charge in [-0.05, 0) is 48.2 Å². The van der Waals surface area contributed by atoms with Crippen molar-refractivity contribution in [1.82, 2.24) is 4.53 Å². The van der Waals surface area contributed by atoms with Gasteiger partial charge in [0.05, 0.1) is 16.0 Å². The van der Waals surface area contributed by atoms with Crippen LogP contribution in [0, 0.1) is 0 Å². The molecule has 0 aromatic heterocycles. The summed E-state index contributed by atoms with van der Waals surface area (Å²) in [5.74, 6) is 0. The molecule has 24 heavy (non-hydrogen) atoms. The highest BCUT2D eigenvalue weighted by Crippen LogP contribution is 2.35. The first kappa shape index (κ1) is 18.4. The second-order valence-corrected chi connectivity index (χ2v) is 7.41. The molecule has 0 saturated heterocycles. The highest BCUT2D eigenvalue weighted by molar-refractivity contribution is 7.89. The fourth-order valence-corrected chi connectivity index (χ4v) is 3.53. The lowest BCUT2D eigenvalue weighted by Gasteiger charge is -2.30. The third-order valence-electron chi connectivity index (χ3n) is 3.61. The standard InChI is InChI=1S/C16H15F4NO2S/c1-15(2,12-6-4-3-5-7-12)21(20)24(22,23)14-10-8-13(9-11-14)16(17,18)19/h3-11H,1-2H3. The Morgan fingerprint density at radius 1 is 0.833 bits per heavy atom. The summed E-state index contributed by atoms with van der Waals surface area (Å²) in [5, 5.41) is 0. The molecule has 0 atom stereocenters. The quantitative estimate of drug-likeness (QED) is 0.593. The van der Waals surface area contributed by atoms with Crippen LogP contribution in [0.5, 0.6) is 0 Å². The van der Waals surface area contributed by atoms with E-state index in [4.69, 9.17) is 0 Å². The smallest absolute Gasteiger partial charge is 0.205 e. The number of rotatable bonds is 4. The molecule has 0 aliphatic heterocycles. The molecule has 0 amide bonds. The predicted octanol–water partition coefficient (Wildman–Crippen LogP) is 4.52. The highest BCUT2D eigenvalue weighted by atomic mass is 32.2. The Bertz CT molecular complexity index is 800. The zero-order valence-corrected chi connectivity index (χ0v) is 13.7. The van der Waals surface area contributed by atoms with Crippen LogP contribution in [-0.4, -0.2) is 12.9 Å². The first-order valence-corrected chi connectivity index (χ1v) is 8.35. The third kappa shape index (κ3) is 3.44. The Balaban J connectivity index is 2.39. The van der Waals surface area contributed by atoms with Crippen molar-refractivity contribution in [3.63, 3.8) is 0 Å². The minimum absolute atomic E-state index is 0.335. The van der Waals surface area contributed by atoms with Crippen molar-refractivity contribution in [2.45, 2.75) is 30.5 Å². The average molecular weight is 361 g/mol. The first-order valence-electron chi connectivity index (χ1n) is 6.91. The molecule has 0 bridgehead atoms. The van der Waals surface area contributed by atoms with E-state index in [0.29, 0.717) is 17.7 Å². The van der Waals surface area contributed by atoms with E-state index in [9.17, 15) is 26.1 Å². The van der Waals surface area contributed by atoms with Gasteiger partial charge in [0, 0.05) is 0 Å². The van der Waals surface area contributed by atoms with E-state index in [0.717, 1.165) is 12.1 Å². The molecular weight excluding hydrogens is 346 g/mol. The van der Waals surface area contributed by atoms with E-state index < -0.39 is 32.2 Å². The Morgan fingerprint density at radius 2 is 1.33 bits per heavy atom. The Labute approximate surface area is 137 Å². The summed E-state index contributed by atoms with van der Waals surface area (Å²) >= 11 is 0. The molecule has 0 aliphatic carbocycles. The van der Waals surface area contributed by atoms with Gasteiger partial charge in [0.1, 0.15) is 0 Å². The van der Waals surface area contributed by atoms with Crippen LogP contribution in [0.3, 0.4) is 0 Å². The Morgan fingerprint density at radius 3 is 1.79 bits per heavy atom. The summed E-state index contributed by atoms with van der Waals surface area (Å²) in [4.78, 5) is -0.554.